The molecule has 2 heterocycles. The average Bonchev–Trinajstić information content (AvgIpc) is 2.72. The third-order valence-electron chi connectivity index (χ3n) is 2.56. The number of aryl methyl sites for hydroxylation is 1. The highest BCUT2D eigenvalue weighted by Gasteiger charge is 2.17. The van der Waals surface area contributed by atoms with Crippen LogP contribution in [0.5, 0.6) is 0 Å². The molecule has 7 heteroatoms. The monoisotopic (exact) mass is 291 g/mol. The summed E-state index contributed by atoms with van der Waals surface area (Å²) in [6.07, 6.45) is 3.29. The van der Waals surface area contributed by atoms with Crippen molar-refractivity contribution in [2.45, 2.75) is 26.8 Å². The first-order chi connectivity index (χ1) is 9.47. The first-order valence-corrected chi connectivity index (χ1v) is 7.04. The van der Waals surface area contributed by atoms with Crippen molar-refractivity contribution in [2.24, 2.45) is 0 Å². The molecular weight excluding hydrogens is 274 g/mol. The first-order valence-electron chi connectivity index (χ1n) is 6.22. The summed E-state index contributed by atoms with van der Waals surface area (Å²) in [6, 6.07) is 2.06. The zero-order chi connectivity index (χ0) is 14.7. The van der Waals surface area contributed by atoms with Crippen molar-refractivity contribution < 1.29 is 4.79 Å². The van der Waals surface area contributed by atoms with E-state index in [0.29, 0.717) is 15.7 Å². The molecule has 0 atom stereocenters. The van der Waals surface area contributed by atoms with Crippen LogP contribution in [0.2, 0.25) is 0 Å². The Kier molecular flexibility index (Phi) is 4.19. The summed E-state index contributed by atoms with van der Waals surface area (Å²) in [5.74, 6) is -0.0369. The van der Waals surface area contributed by atoms with Crippen molar-refractivity contribution in [3.8, 4) is 0 Å². The predicted octanol–water partition coefficient (Wildman–Crippen LogP) is 2.50. The maximum absolute atomic E-state index is 12.2. The number of nitrogens with zero attached hydrogens (tertiary/aromatic N) is 2. The van der Waals surface area contributed by atoms with Gasteiger partial charge in [0.1, 0.15) is 10.7 Å². The fourth-order valence-corrected chi connectivity index (χ4v) is 2.50. The number of hydrogen-bond acceptors (Lipinski definition) is 6. The van der Waals surface area contributed by atoms with Gasteiger partial charge < -0.3 is 16.4 Å². The molecule has 2 rings (SSSR count). The highest BCUT2D eigenvalue weighted by atomic mass is 32.1. The second-order valence-electron chi connectivity index (χ2n) is 4.68. The molecule has 20 heavy (non-hydrogen) atoms. The van der Waals surface area contributed by atoms with Gasteiger partial charge in [-0.3, -0.25) is 9.78 Å². The minimum absolute atomic E-state index is 0.233. The molecule has 1 amide bonds. The number of amides is 1. The molecule has 0 aliphatic rings. The van der Waals surface area contributed by atoms with E-state index in [1.807, 2.05) is 26.8 Å². The molecule has 0 aliphatic heterocycles. The Morgan fingerprint density at radius 1 is 1.45 bits per heavy atom. The van der Waals surface area contributed by atoms with Crippen molar-refractivity contribution >= 4 is 33.9 Å². The molecule has 0 aliphatic carbocycles. The van der Waals surface area contributed by atoms with Crippen molar-refractivity contribution in [3.05, 3.63) is 28.9 Å². The largest absolute Gasteiger partial charge is 0.382 e. The standard InChI is InChI=1S/C13H17N5OS/c1-7(2)16-13-18-11(14)10(20-13)12(19)17-9-6-15-5-4-8(9)3/h4-7H,14H2,1-3H3,(H,16,18)(H,17,19). The van der Waals surface area contributed by atoms with E-state index in [9.17, 15) is 4.79 Å². The van der Waals surface area contributed by atoms with Crippen LogP contribution in [0.25, 0.3) is 0 Å². The van der Waals surface area contributed by atoms with Crippen LogP contribution in [0.3, 0.4) is 0 Å². The maximum Gasteiger partial charge on any atom is 0.269 e. The zero-order valence-corrected chi connectivity index (χ0v) is 12.4. The van der Waals surface area contributed by atoms with Gasteiger partial charge in [0.25, 0.3) is 5.91 Å². The van der Waals surface area contributed by atoms with Gasteiger partial charge in [-0.25, -0.2) is 4.98 Å². The number of carbonyl (C=O) groups is 1. The van der Waals surface area contributed by atoms with E-state index in [-0.39, 0.29) is 17.8 Å². The lowest BCUT2D eigenvalue weighted by molar-refractivity contribution is 0.103. The number of thiazole rings is 1. The van der Waals surface area contributed by atoms with Crippen LogP contribution in [0.4, 0.5) is 16.6 Å². The molecule has 6 nitrogen and oxygen atoms in total. The molecule has 0 spiro atoms. The van der Waals surface area contributed by atoms with Gasteiger partial charge in [0, 0.05) is 12.2 Å². The predicted molar refractivity (Wildman–Crippen MR) is 82.2 cm³/mol. The fraction of sp³-hybridized carbons (Fsp3) is 0.308. The number of nitrogens with one attached hydrogen (secondary N) is 2. The van der Waals surface area contributed by atoms with Crippen LogP contribution in [-0.4, -0.2) is 21.9 Å². The summed E-state index contributed by atoms with van der Waals surface area (Å²) >= 11 is 1.24. The van der Waals surface area contributed by atoms with Crippen LogP contribution in [-0.2, 0) is 0 Å². The average molecular weight is 291 g/mol. The van der Waals surface area contributed by atoms with Gasteiger partial charge in [0.05, 0.1) is 11.9 Å². The van der Waals surface area contributed by atoms with Gasteiger partial charge in [-0.1, -0.05) is 11.3 Å². The molecule has 106 valence electrons. The van der Waals surface area contributed by atoms with Gasteiger partial charge in [-0.05, 0) is 32.4 Å². The fourth-order valence-electron chi connectivity index (χ4n) is 1.58. The summed E-state index contributed by atoms with van der Waals surface area (Å²) in [5.41, 5.74) is 7.40. The van der Waals surface area contributed by atoms with E-state index in [1.165, 1.54) is 11.3 Å². The van der Waals surface area contributed by atoms with Crippen molar-refractivity contribution in [2.75, 3.05) is 16.4 Å². The van der Waals surface area contributed by atoms with Crippen molar-refractivity contribution in [3.63, 3.8) is 0 Å². The van der Waals surface area contributed by atoms with Crippen LogP contribution >= 0.6 is 11.3 Å². The van der Waals surface area contributed by atoms with E-state index in [2.05, 4.69) is 20.6 Å². The van der Waals surface area contributed by atoms with Crippen LogP contribution in [0.1, 0.15) is 29.1 Å². The van der Waals surface area contributed by atoms with Crippen molar-refractivity contribution in [1.82, 2.24) is 9.97 Å². The lowest BCUT2D eigenvalue weighted by Crippen LogP contribution is -2.13. The Morgan fingerprint density at radius 2 is 2.20 bits per heavy atom. The van der Waals surface area contributed by atoms with E-state index in [1.54, 1.807) is 12.4 Å². The van der Waals surface area contributed by atoms with E-state index in [0.717, 1.165) is 5.56 Å². The smallest absolute Gasteiger partial charge is 0.269 e. The van der Waals surface area contributed by atoms with E-state index >= 15 is 0 Å². The molecule has 2 aromatic heterocycles. The van der Waals surface area contributed by atoms with Gasteiger partial charge in [0.15, 0.2) is 5.13 Å². The quantitative estimate of drug-likeness (QED) is 0.804. The van der Waals surface area contributed by atoms with Crippen LogP contribution in [0, 0.1) is 6.92 Å². The normalized spacial score (nSPS) is 10.6. The Balaban J connectivity index is 2.17. The molecule has 0 fully saturated rings. The van der Waals surface area contributed by atoms with Gasteiger partial charge in [-0.15, -0.1) is 0 Å². The number of nitrogens with two attached hydrogens (primary N) is 1. The number of pyridine rings is 1. The van der Waals surface area contributed by atoms with Crippen LogP contribution < -0.4 is 16.4 Å². The summed E-state index contributed by atoms with van der Waals surface area (Å²) in [5, 5.41) is 6.57. The Bertz CT molecular complexity index is 623. The minimum atomic E-state index is -0.270. The number of aromatic nitrogens is 2. The summed E-state index contributed by atoms with van der Waals surface area (Å²) in [7, 11) is 0. The second kappa shape index (κ2) is 5.87. The lowest BCUT2D eigenvalue weighted by Gasteiger charge is -2.06. The molecule has 0 saturated carbocycles. The molecule has 0 saturated heterocycles. The molecule has 0 bridgehead atoms. The Labute approximate surface area is 121 Å². The Morgan fingerprint density at radius 3 is 2.85 bits per heavy atom. The van der Waals surface area contributed by atoms with Crippen LogP contribution in [0.15, 0.2) is 18.5 Å². The minimum Gasteiger partial charge on any atom is -0.382 e. The highest BCUT2D eigenvalue weighted by molar-refractivity contribution is 7.18. The van der Waals surface area contributed by atoms with Gasteiger partial charge in [-0.2, -0.15) is 0 Å². The Hall–Kier alpha value is -2.15. The van der Waals surface area contributed by atoms with Gasteiger partial charge in [0.2, 0.25) is 0 Å². The summed E-state index contributed by atoms with van der Waals surface area (Å²) in [6.45, 7) is 5.89. The molecule has 0 aromatic carbocycles. The third-order valence-corrected chi connectivity index (χ3v) is 3.56. The van der Waals surface area contributed by atoms with E-state index in [4.69, 9.17) is 5.73 Å². The SMILES string of the molecule is Cc1ccncc1NC(=O)c1sc(NC(C)C)nc1N. The number of anilines is 3. The zero-order valence-electron chi connectivity index (χ0n) is 11.6. The molecule has 0 radical (unpaired) electrons. The number of carbonyl (C=O) groups excluding carboxylic acids is 1. The summed E-state index contributed by atoms with van der Waals surface area (Å²) < 4.78 is 0. The number of nitrogen functional groups attached to an aromatic ring is 1. The topological polar surface area (TPSA) is 92.9 Å². The summed E-state index contributed by atoms with van der Waals surface area (Å²) in [4.78, 5) is 20.7. The molecule has 2 aromatic rings. The maximum atomic E-state index is 12.2. The second-order valence-corrected chi connectivity index (χ2v) is 5.68. The highest BCUT2D eigenvalue weighted by Crippen LogP contribution is 2.26. The third kappa shape index (κ3) is 3.24. The molecule has 4 N–H and O–H groups in total. The van der Waals surface area contributed by atoms with Gasteiger partial charge >= 0.3 is 0 Å². The molecule has 0 unspecified atom stereocenters. The number of hydrogen-bond donors (Lipinski definition) is 3. The van der Waals surface area contributed by atoms with E-state index < -0.39 is 0 Å². The van der Waals surface area contributed by atoms with Crippen molar-refractivity contribution in [1.29, 1.82) is 0 Å². The lowest BCUT2D eigenvalue weighted by atomic mass is 10.2. The number of rotatable bonds is 4. The first kappa shape index (κ1) is 14.3. The molecular formula is C13H17N5OS.